The fourth-order valence-electron chi connectivity index (χ4n) is 0.236. The van der Waals surface area contributed by atoms with E-state index in [4.69, 9.17) is 0 Å². The molecule has 0 atom stereocenters. The summed E-state index contributed by atoms with van der Waals surface area (Å²) >= 11 is 0. The van der Waals surface area contributed by atoms with Crippen molar-refractivity contribution in [2.45, 2.75) is 13.8 Å². The Morgan fingerprint density at radius 3 is 1.62 bits per heavy atom. The van der Waals surface area contributed by atoms with Crippen molar-refractivity contribution in [2.75, 3.05) is 6.67 Å². The molecule has 0 saturated carbocycles. The third kappa shape index (κ3) is 5.86. The molecule has 0 spiro atoms. The van der Waals surface area contributed by atoms with Crippen molar-refractivity contribution >= 4 is 0 Å². The van der Waals surface area contributed by atoms with Crippen molar-refractivity contribution in [3.05, 3.63) is 23.0 Å². The van der Waals surface area contributed by atoms with Crippen molar-refractivity contribution < 1.29 is 17.1 Å². The first kappa shape index (κ1) is 10.8. The zero-order valence-electron chi connectivity index (χ0n) is 5.06. The van der Waals surface area contributed by atoms with Crippen LogP contribution in [0.15, 0.2) is 12.4 Å². The molecular weight excluding hydrogens is 152 g/mol. The van der Waals surface area contributed by atoms with Crippen LogP contribution in [0.25, 0.3) is 10.6 Å². The Morgan fingerprint density at radius 1 is 1.12 bits per heavy atom. The second-order valence-corrected chi connectivity index (χ2v) is 0.805. The number of rotatable bonds is 0. The van der Waals surface area contributed by atoms with Gasteiger partial charge in [0.2, 0.25) is 0 Å². The fraction of sp³-hybridized carbons (Fsp3) is 0.600. The summed E-state index contributed by atoms with van der Waals surface area (Å²) in [5, 5.41) is 7.47. The SMILES string of the molecule is C1=C[N-]C[N-]1.CC.[Cu+2]. The monoisotopic (exact) mass is 161 g/mol. The van der Waals surface area contributed by atoms with Crippen molar-refractivity contribution in [1.29, 1.82) is 0 Å². The van der Waals surface area contributed by atoms with E-state index in [1.165, 1.54) is 0 Å². The van der Waals surface area contributed by atoms with E-state index in [-0.39, 0.29) is 17.1 Å². The Bertz CT molecular complexity index is 48.4. The van der Waals surface area contributed by atoms with Gasteiger partial charge >= 0.3 is 17.1 Å². The third-order valence-electron chi connectivity index (χ3n) is 0.441. The topological polar surface area (TPSA) is 28.2 Å². The van der Waals surface area contributed by atoms with E-state index < -0.39 is 0 Å². The van der Waals surface area contributed by atoms with E-state index in [9.17, 15) is 0 Å². The summed E-state index contributed by atoms with van der Waals surface area (Å²) in [6, 6.07) is 0. The van der Waals surface area contributed by atoms with Crippen LogP contribution in [0.1, 0.15) is 13.8 Å². The number of hydrogen-bond donors (Lipinski definition) is 0. The predicted octanol–water partition coefficient (Wildman–Crippen LogP) is 2.20. The Labute approximate surface area is 61.2 Å². The minimum Gasteiger partial charge on any atom is -0.707 e. The van der Waals surface area contributed by atoms with E-state index >= 15 is 0 Å². The summed E-state index contributed by atoms with van der Waals surface area (Å²) in [4.78, 5) is 0. The predicted molar refractivity (Wildman–Crippen MR) is 32.1 cm³/mol. The zero-order chi connectivity index (χ0) is 5.54. The van der Waals surface area contributed by atoms with Gasteiger partial charge in [-0.3, -0.25) is 0 Å². The molecule has 2 nitrogen and oxygen atoms in total. The van der Waals surface area contributed by atoms with Crippen LogP contribution >= 0.6 is 0 Å². The maximum Gasteiger partial charge on any atom is 2.00 e. The average molecular weight is 162 g/mol. The normalized spacial score (nSPS) is 11.8. The molecule has 1 aliphatic heterocycles. The minimum atomic E-state index is 0. The smallest absolute Gasteiger partial charge is 0.707 e. The van der Waals surface area contributed by atoms with Gasteiger partial charge in [-0.15, -0.1) is 0 Å². The van der Waals surface area contributed by atoms with Gasteiger partial charge in [0, 0.05) is 0 Å². The molecule has 0 aromatic carbocycles. The molecule has 0 fully saturated rings. The molecule has 1 heterocycles. The number of hydrogen-bond acceptors (Lipinski definition) is 0. The summed E-state index contributed by atoms with van der Waals surface area (Å²) in [6.45, 7) is 4.64. The van der Waals surface area contributed by atoms with Crippen LogP contribution in [-0.4, -0.2) is 6.67 Å². The van der Waals surface area contributed by atoms with E-state index in [1.807, 2.05) is 13.8 Å². The molecule has 0 aliphatic carbocycles. The third-order valence-corrected chi connectivity index (χ3v) is 0.441. The molecule has 0 N–H and O–H groups in total. The molecule has 0 unspecified atom stereocenters. The molecule has 51 valence electrons. The first-order chi connectivity index (χ1) is 3.50. The molecule has 0 aromatic heterocycles. The fourth-order valence-corrected chi connectivity index (χ4v) is 0.236. The first-order valence-corrected chi connectivity index (χ1v) is 2.48. The van der Waals surface area contributed by atoms with Gasteiger partial charge in [0.15, 0.2) is 0 Å². The average Bonchev–Trinajstić information content (AvgIpc) is 2.23. The maximum absolute atomic E-state index is 3.74. The van der Waals surface area contributed by atoms with E-state index in [0.717, 1.165) is 0 Å². The molecule has 0 aromatic rings. The van der Waals surface area contributed by atoms with Crippen molar-refractivity contribution in [2.24, 2.45) is 0 Å². The van der Waals surface area contributed by atoms with Crippen LogP contribution in [0.5, 0.6) is 0 Å². The van der Waals surface area contributed by atoms with E-state index in [0.29, 0.717) is 6.67 Å². The van der Waals surface area contributed by atoms with Crippen LogP contribution in [0, 0.1) is 0 Å². The van der Waals surface area contributed by atoms with Gasteiger partial charge in [-0.25, -0.2) is 19.1 Å². The standard InChI is InChI=1S/C3H4N2.C2H6.Cu/c1-2-5-3-4-1;1-2;/h1-2H,3H2;1-2H3;/q-2;;+2. The largest absolute Gasteiger partial charge is 2.00 e. The Kier molecular flexibility index (Phi) is 13.4. The van der Waals surface area contributed by atoms with Crippen LogP contribution in [0.4, 0.5) is 0 Å². The molecule has 1 radical (unpaired) electrons. The quantitative estimate of drug-likeness (QED) is 0.488. The van der Waals surface area contributed by atoms with Gasteiger partial charge in [0.1, 0.15) is 0 Å². The number of nitrogens with zero attached hydrogens (tertiary/aromatic N) is 2. The van der Waals surface area contributed by atoms with Crippen molar-refractivity contribution in [3.63, 3.8) is 0 Å². The molecule has 0 amide bonds. The van der Waals surface area contributed by atoms with Gasteiger partial charge < -0.3 is 10.6 Å². The van der Waals surface area contributed by atoms with Gasteiger partial charge in [-0.1, -0.05) is 13.8 Å². The van der Waals surface area contributed by atoms with Crippen LogP contribution < -0.4 is 0 Å². The molecule has 1 rings (SSSR count). The Morgan fingerprint density at radius 2 is 1.50 bits per heavy atom. The summed E-state index contributed by atoms with van der Waals surface area (Å²) in [7, 11) is 0. The molecule has 1 aliphatic rings. The van der Waals surface area contributed by atoms with Crippen LogP contribution in [0.2, 0.25) is 0 Å². The van der Waals surface area contributed by atoms with Crippen molar-refractivity contribution in [3.8, 4) is 0 Å². The van der Waals surface area contributed by atoms with Gasteiger partial charge in [-0.2, -0.15) is 0 Å². The molecular formula is C5H10CuN2. The van der Waals surface area contributed by atoms with E-state index in [2.05, 4.69) is 10.6 Å². The second kappa shape index (κ2) is 9.97. The summed E-state index contributed by atoms with van der Waals surface area (Å²) in [6.07, 6.45) is 3.39. The molecule has 0 saturated heterocycles. The Balaban J connectivity index is 0. The van der Waals surface area contributed by atoms with E-state index in [1.54, 1.807) is 12.4 Å². The van der Waals surface area contributed by atoms with Gasteiger partial charge in [0.25, 0.3) is 0 Å². The first-order valence-electron chi connectivity index (χ1n) is 2.48. The molecule has 8 heavy (non-hydrogen) atoms. The van der Waals surface area contributed by atoms with Crippen LogP contribution in [0.3, 0.4) is 0 Å². The molecule has 3 heteroatoms. The summed E-state index contributed by atoms with van der Waals surface area (Å²) < 4.78 is 0. The zero-order valence-corrected chi connectivity index (χ0v) is 6.00. The van der Waals surface area contributed by atoms with Crippen LogP contribution in [-0.2, 0) is 17.1 Å². The van der Waals surface area contributed by atoms with Gasteiger partial charge in [-0.05, 0) is 0 Å². The van der Waals surface area contributed by atoms with Crippen molar-refractivity contribution in [1.82, 2.24) is 0 Å². The maximum atomic E-state index is 3.74. The minimum absolute atomic E-state index is 0. The summed E-state index contributed by atoms with van der Waals surface area (Å²) in [5.41, 5.74) is 0. The molecule has 0 bridgehead atoms. The Hall–Kier alpha value is -0.141. The second-order valence-electron chi connectivity index (χ2n) is 0.805. The van der Waals surface area contributed by atoms with Gasteiger partial charge in [0.05, 0.1) is 0 Å². The summed E-state index contributed by atoms with van der Waals surface area (Å²) in [5.74, 6) is 0.